The molecular formula is C5H4CrN2O4. The van der Waals surface area contributed by atoms with Crippen LogP contribution in [0.3, 0.4) is 0 Å². The van der Waals surface area contributed by atoms with Gasteiger partial charge in [0.1, 0.15) is 5.69 Å². The van der Waals surface area contributed by atoms with Crippen molar-refractivity contribution in [2.45, 2.75) is 0 Å². The first kappa shape index (κ1) is 10.7. The van der Waals surface area contributed by atoms with Crippen LogP contribution in [0.4, 0.5) is 0 Å². The van der Waals surface area contributed by atoms with Crippen LogP contribution in [0.25, 0.3) is 0 Å². The van der Waals surface area contributed by atoms with E-state index in [0.29, 0.717) is 0 Å². The van der Waals surface area contributed by atoms with E-state index in [-0.39, 0.29) is 17.4 Å². The number of carboxylic acid groups (broad SMARTS) is 1. The van der Waals surface area contributed by atoms with E-state index in [1.807, 2.05) is 9.97 Å². The van der Waals surface area contributed by atoms with Crippen LogP contribution in [0.15, 0.2) is 15.7 Å². The largest absolute Gasteiger partial charge is 0.477 e. The smallest absolute Gasteiger partial charge is 0.352 e. The average Bonchev–Trinajstić information content (AvgIpc) is 1.85. The maximum absolute atomic E-state index is 10.5. The van der Waals surface area contributed by atoms with Crippen LogP contribution in [-0.4, -0.2) is 21.0 Å². The van der Waals surface area contributed by atoms with Gasteiger partial charge in [-0.3, -0.25) is 9.78 Å². The zero-order chi connectivity index (χ0) is 8.43. The van der Waals surface area contributed by atoms with E-state index in [1.165, 1.54) is 0 Å². The molecule has 0 unspecified atom stereocenters. The molecule has 1 aromatic heterocycles. The Morgan fingerprint density at radius 3 is 2.33 bits per heavy atom. The number of hydrogen-bond acceptors (Lipinski definition) is 3. The van der Waals surface area contributed by atoms with Crippen molar-refractivity contribution in [3.8, 4) is 0 Å². The van der Waals surface area contributed by atoms with Gasteiger partial charge in [-0.2, -0.15) is 0 Å². The van der Waals surface area contributed by atoms with Gasteiger partial charge in [0.15, 0.2) is 0 Å². The van der Waals surface area contributed by atoms with Crippen LogP contribution in [-0.2, 0) is 17.4 Å². The van der Waals surface area contributed by atoms with Crippen molar-refractivity contribution in [2.24, 2.45) is 0 Å². The van der Waals surface area contributed by atoms with Gasteiger partial charge in [0.25, 0.3) is 5.56 Å². The molecule has 7 heteroatoms. The molecule has 0 saturated carbocycles. The monoisotopic (exact) mass is 208 g/mol. The number of rotatable bonds is 1. The molecule has 0 spiro atoms. The van der Waals surface area contributed by atoms with Crippen molar-refractivity contribution in [3.05, 3.63) is 32.6 Å². The molecule has 0 aliphatic rings. The minimum atomic E-state index is -1.34. The fraction of sp³-hybridized carbons (Fsp3) is 0. The van der Waals surface area contributed by atoms with E-state index in [9.17, 15) is 14.4 Å². The second kappa shape index (κ2) is 3.90. The van der Waals surface area contributed by atoms with Gasteiger partial charge in [-0.05, 0) is 0 Å². The molecule has 0 aromatic carbocycles. The normalized spacial score (nSPS) is 8.67. The van der Waals surface area contributed by atoms with Gasteiger partial charge in [-0.1, -0.05) is 0 Å². The summed E-state index contributed by atoms with van der Waals surface area (Å²) >= 11 is 0. The average molecular weight is 208 g/mol. The fourth-order valence-corrected chi connectivity index (χ4v) is 0.584. The third-order valence-electron chi connectivity index (χ3n) is 0.991. The van der Waals surface area contributed by atoms with Crippen LogP contribution < -0.4 is 11.2 Å². The van der Waals surface area contributed by atoms with E-state index in [4.69, 9.17) is 5.11 Å². The molecule has 0 atom stereocenters. The summed E-state index contributed by atoms with van der Waals surface area (Å²) in [5, 5.41) is 8.31. The molecule has 12 heavy (non-hydrogen) atoms. The standard InChI is InChI=1S/C5H4N2O4.Cr/c8-3-1-2(4(9)10)6-5(11)7-3;/h1H,(H,9,10)(H2,6,7,8,11);. The summed E-state index contributed by atoms with van der Waals surface area (Å²) in [6.45, 7) is 0. The van der Waals surface area contributed by atoms with E-state index in [2.05, 4.69) is 0 Å². The van der Waals surface area contributed by atoms with Crippen molar-refractivity contribution in [3.63, 3.8) is 0 Å². The number of H-pyrrole nitrogens is 2. The van der Waals surface area contributed by atoms with Crippen LogP contribution >= 0.6 is 0 Å². The number of aromatic carboxylic acids is 1. The maximum atomic E-state index is 10.5. The number of carboxylic acids is 1. The quantitative estimate of drug-likeness (QED) is 0.536. The van der Waals surface area contributed by atoms with Gasteiger partial charge in [-0.25, -0.2) is 9.59 Å². The third kappa shape index (κ3) is 2.38. The second-order valence-electron chi connectivity index (χ2n) is 1.81. The minimum absolute atomic E-state index is 0. The summed E-state index contributed by atoms with van der Waals surface area (Å²) in [6, 6.07) is 0.795. The molecule has 1 heterocycles. The van der Waals surface area contributed by atoms with E-state index in [1.54, 1.807) is 0 Å². The fourth-order valence-electron chi connectivity index (χ4n) is 0.584. The van der Waals surface area contributed by atoms with Gasteiger partial charge in [0, 0.05) is 23.4 Å². The molecule has 0 fully saturated rings. The van der Waals surface area contributed by atoms with Crippen LogP contribution in [0.2, 0.25) is 0 Å². The zero-order valence-corrected chi connectivity index (χ0v) is 6.93. The molecule has 1 rings (SSSR count). The molecule has 0 bridgehead atoms. The van der Waals surface area contributed by atoms with E-state index < -0.39 is 22.9 Å². The Balaban J connectivity index is 0.00000121. The Morgan fingerprint density at radius 1 is 1.33 bits per heavy atom. The molecular weight excluding hydrogens is 204 g/mol. The van der Waals surface area contributed by atoms with Crippen LogP contribution in [0.5, 0.6) is 0 Å². The van der Waals surface area contributed by atoms with Crippen molar-refractivity contribution in [2.75, 3.05) is 0 Å². The van der Waals surface area contributed by atoms with E-state index in [0.717, 1.165) is 6.07 Å². The maximum Gasteiger partial charge on any atom is 0.352 e. The predicted molar refractivity (Wildman–Crippen MR) is 34.6 cm³/mol. The molecule has 0 amide bonds. The summed E-state index contributed by atoms with van der Waals surface area (Å²) in [5.41, 5.74) is -1.97. The number of carbonyl (C=O) groups is 1. The van der Waals surface area contributed by atoms with Gasteiger partial charge >= 0.3 is 11.7 Å². The Morgan fingerprint density at radius 2 is 1.92 bits per heavy atom. The molecule has 0 aliphatic carbocycles. The van der Waals surface area contributed by atoms with Crippen LogP contribution in [0, 0.1) is 0 Å². The van der Waals surface area contributed by atoms with Crippen LogP contribution in [0.1, 0.15) is 10.5 Å². The molecule has 0 radical (unpaired) electrons. The van der Waals surface area contributed by atoms with Gasteiger partial charge in [0.2, 0.25) is 0 Å². The summed E-state index contributed by atoms with van der Waals surface area (Å²) in [5.74, 6) is -1.34. The second-order valence-corrected chi connectivity index (χ2v) is 1.81. The number of hydrogen-bond donors (Lipinski definition) is 3. The Kier molecular flexibility index (Phi) is 3.47. The zero-order valence-electron chi connectivity index (χ0n) is 5.66. The Bertz CT molecular complexity index is 365. The van der Waals surface area contributed by atoms with Gasteiger partial charge in [-0.15, -0.1) is 0 Å². The molecule has 3 N–H and O–H groups in total. The van der Waals surface area contributed by atoms with Crippen molar-refractivity contribution < 1.29 is 27.3 Å². The Hall–Kier alpha value is -1.32. The Labute approximate surface area is 76.4 Å². The van der Waals surface area contributed by atoms with E-state index >= 15 is 0 Å². The minimum Gasteiger partial charge on any atom is -0.477 e. The first-order chi connectivity index (χ1) is 5.09. The molecule has 0 aliphatic heterocycles. The molecule has 6 nitrogen and oxygen atoms in total. The van der Waals surface area contributed by atoms with Crippen molar-refractivity contribution >= 4 is 5.97 Å². The SMILES string of the molecule is O=C(O)c1cc(=O)[nH]c(=O)[nH]1.[Cr]. The number of nitrogens with one attached hydrogen (secondary N) is 2. The summed E-state index contributed by atoms with van der Waals surface area (Å²) in [6.07, 6.45) is 0. The number of aromatic nitrogens is 2. The first-order valence-electron chi connectivity index (χ1n) is 2.66. The van der Waals surface area contributed by atoms with Crippen molar-refractivity contribution in [1.82, 2.24) is 9.97 Å². The number of aromatic amines is 2. The van der Waals surface area contributed by atoms with Gasteiger partial charge in [0.05, 0.1) is 0 Å². The van der Waals surface area contributed by atoms with Crippen molar-refractivity contribution in [1.29, 1.82) is 0 Å². The summed E-state index contributed by atoms with van der Waals surface area (Å²) in [7, 11) is 0. The molecule has 1 aromatic rings. The first-order valence-corrected chi connectivity index (χ1v) is 2.66. The topological polar surface area (TPSA) is 103 Å². The van der Waals surface area contributed by atoms with Gasteiger partial charge < -0.3 is 10.1 Å². The molecule has 64 valence electrons. The summed E-state index contributed by atoms with van der Waals surface area (Å²) in [4.78, 5) is 34.9. The molecule has 0 saturated heterocycles. The predicted octanol–water partition coefficient (Wildman–Crippen LogP) is -1.24. The summed E-state index contributed by atoms with van der Waals surface area (Å²) < 4.78 is 0. The third-order valence-corrected chi connectivity index (χ3v) is 0.991.